The van der Waals surface area contributed by atoms with Crippen LogP contribution in [0.15, 0.2) is 54.9 Å². The molecule has 1 aromatic heterocycles. The Bertz CT molecular complexity index is 960. The lowest BCUT2D eigenvalue weighted by atomic mass is 10.0. The highest BCUT2D eigenvalue weighted by Crippen LogP contribution is 2.32. The molecular weight excluding hydrogens is 327 g/mol. The molecule has 7 nitrogen and oxygen atoms in total. The molecule has 0 unspecified atom stereocenters. The van der Waals surface area contributed by atoms with Crippen LogP contribution in [-0.4, -0.2) is 15.8 Å². The molecule has 1 atom stereocenters. The van der Waals surface area contributed by atoms with Gasteiger partial charge < -0.3 is 11.1 Å². The zero-order valence-electron chi connectivity index (χ0n) is 12.8. The van der Waals surface area contributed by atoms with Gasteiger partial charge in [0.25, 0.3) is 5.69 Å². The molecule has 0 bridgehead atoms. The number of carbonyl (C=O) groups excluding carboxylic acids is 1. The van der Waals surface area contributed by atoms with Crippen molar-refractivity contribution in [3.63, 3.8) is 0 Å². The lowest BCUT2D eigenvalue weighted by molar-refractivity contribution is -0.383. The Balaban J connectivity index is 2.06. The fraction of sp³-hybridized carbons (Fsp3) is 0.0588. The molecule has 0 radical (unpaired) electrons. The molecule has 2 aromatic carbocycles. The third-order valence-corrected chi connectivity index (χ3v) is 3.78. The third-order valence-electron chi connectivity index (χ3n) is 3.78. The van der Waals surface area contributed by atoms with E-state index < -0.39 is 22.7 Å². The van der Waals surface area contributed by atoms with E-state index >= 15 is 0 Å². The highest BCUT2D eigenvalue weighted by Gasteiger charge is 2.21. The number of amides is 1. The van der Waals surface area contributed by atoms with Crippen LogP contribution in [0.3, 0.4) is 0 Å². The SMILES string of the molecule is NC(=O)[C@@H](Nc1ccc([N+](=O)[O-])c2cnccc12)c1ccc(F)cc1. The van der Waals surface area contributed by atoms with Crippen LogP contribution in [0.4, 0.5) is 15.8 Å². The van der Waals surface area contributed by atoms with Gasteiger partial charge in [-0.25, -0.2) is 4.39 Å². The van der Waals surface area contributed by atoms with Gasteiger partial charge in [-0.3, -0.25) is 19.9 Å². The first-order chi connectivity index (χ1) is 12.0. The quantitative estimate of drug-likeness (QED) is 0.548. The maximum Gasteiger partial charge on any atom is 0.278 e. The van der Waals surface area contributed by atoms with E-state index in [1.165, 1.54) is 48.8 Å². The van der Waals surface area contributed by atoms with Crippen LogP contribution in [-0.2, 0) is 4.79 Å². The second kappa shape index (κ2) is 6.52. The monoisotopic (exact) mass is 340 g/mol. The van der Waals surface area contributed by atoms with E-state index in [9.17, 15) is 19.3 Å². The van der Waals surface area contributed by atoms with Crippen LogP contribution in [0.1, 0.15) is 11.6 Å². The van der Waals surface area contributed by atoms with Crippen molar-refractivity contribution in [2.24, 2.45) is 5.73 Å². The Morgan fingerprint density at radius 1 is 1.16 bits per heavy atom. The fourth-order valence-electron chi connectivity index (χ4n) is 2.59. The van der Waals surface area contributed by atoms with Gasteiger partial charge in [-0.1, -0.05) is 12.1 Å². The number of primary amides is 1. The van der Waals surface area contributed by atoms with Crippen molar-refractivity contribution in [1.29, 1.82) is 0 Å². The molecule has 0 fully saturated rings. The van der Waals surface area contributed by atoms with E-state index in [2.05, 4.69) is 10.3 Å². The number of anilines is 1. The van der Waals surface area contributed by atoms with Crippen molar-refractivity contribution >= 4 is 28.1 Å². The smallest absolute Gasteiger partial charge is 0.278 e. The number of nitro benzene ring substituents is 1. The Kier molecular flexibility index (Phi) is 4.25. The van der Waals surface area contributed by atoms with Gasteiger partial charge in [0, 0.05) is 29.5 Å². The van der Waals surface area contributed by atoms with Crippen molar-refractivity contribution < 1.29 is 14.1 Å². The Morgan fingerprint density at radius 2 is 1.88 bits per heavy atom. The van der Waals surface area contributed by atoms with E-state index in [1.54, 1.807) is 6.07 Å². The molecule has 1 heterocycles. The number of nitrogens with two attached hydrogens (primary N) is 1. The molecule has 1 amide bonds. The topological polar surface area (TPSA) is 111 Å². The van der Waals surface area contributed by atoms with Gasteiger partial charge >= 0.3 is 0 Å². The Labute approximate surface area is 141 Å². The van der Waals surface area contributed by atoms with Crippen molar-refractivity contribution in [2.75, 3.05) is 5.32 Å². The average Bonchev–Trinajstić information content (AvgIpc) is 2.60. The molecule has 0 aliphatic rings. The number of non-ortho nitro benzene ring substituents is 1. The summed E-state index contributed by atoms with van der Waals surface area (Å²) in [4.78, 5) is 26.4. The largest absolute Gasteiger partial charge is 0.370 e. The van der Waals surface area contributed by atoms with E-state index in [-0.39, 0.29) is 5.69 Å². The number of halogens is 1. The second-order valence-corrected chi connectivity index (χ2v) is 5.34. The van der Waals surface area contributed by atoms with E-state index in [1.807, 2.05) is 0 Å². The lowest BCUT2D eigenvalue weighted by Crippen LogP contribution is -2.27. The molecule has 8 heteroatoms. The predicted molar refractivity (Wildman–Crippen MR) is 90.4 cm³/mol. The number of rotatable bonds is 5. The fourth-order valence-corrected chi connectivity index (χ4v) is 2.59. The van der Waals surface area contributed by atoms with E-state index in [4.69, 9.17) is 5.73 Å². The number of hydrogen-bond acceptors (Lipinski definition) is 5. The summed E-state index contributed by atoms with van der Waals surface area (Å²) in [5.74, 6) is -1.09. The molecule has 3 aromatic rings. The third kappa shape index (κ3) is 3.23. The zero-order chi connectivity index (χ0) is 18.0. The number of nitrogens with zero attached hydrogens (tertiary/aromatic N) is 2. The molecule has 0 aliphatic carbocycles. The van der Waals surface area contributed by atoms with Crippen LogP contribution < -0.4 is 11.1 Å². The average molecular weight is 340 g/mol. The maximum absolute atomic E-state index is 13.1. The van der Waals surface area contributed by atoms with Crippen LogP contribution in [0.2, 0.25) is 0 Å². The second-order valence-electron chi connectivity index (χ2n) is 5.34. The van der Waals surface area contributed by atoms with Crippen molar-refractivity contribution in [3.05, 3.63) is 76.4 Å². The molecule has 0 saturated heterocycles. The minimum Gasteiger partial charge on any atom is -0.370 e. The Morgan fingerprint density at radius 3 is 2.52 bits per heavy atom. The summed E-state index contributed by atoms with van der Waals surface area (Å²) in [6, 6.07) is 8.87. The van der Waals surface area contributed by atoms with Gasteiger partial charge in [0.05, 0.1) is 10.3 Å². The zero-order valence-corrected chi connectivity index (χ0v) is 12.8. The first kappa shape index (κ1) is 16.3. The summed E-state index contributed by atoms with van der Waals surface area (Å²) >= 11 is 0. The molecule has 126 valence electrons. The maximum atomic E-state index is 13.1. The number of benzene rings is 2. The van der Waals surface area contributed by atoms with E-state index in [0.717, 1.165) is 0 Å². The summed E-state index contributed by atoms with van der Waals surface area (Å²) < 4.78 is 13.1. The number of nitro groups is 1. The number of fused-ring (bicyclic) bond motifs is 1. The van der Waals surface area contributed by atoms with Gasteiger partial charge in [0.1, 0.15) is 11.9 Å². The number of aromatic nitrogens is 1. The van der Waals surface area contributed by atoms with Crippen molar-refractivity contribution in [2.45, 2.75) is 6.04 Å². The number of carbonyl (C=O) groups is 1. The summed E-state index contributed by atoms with van der Waals surface area (Å²) in [7, 11) is 0. The minimum atomic E-state index is -0.918. The summed E-state index contributed by atoms with van der Waals surface area (Å²) in [5.41, 5.74) is 6.33. The molecule has 25 heavy (non-hydrogen) atoms. The van der Waals surface area contributed by atoms with Gasteiger partial charge in [-0.15, -0.1) is 0 Å². The number of pyridine rings is 1. The normalized spacial score (nSPS) is 11.9. The highest BCUT2D eigenvalue weighted by molar-refractivity contribution is 6.00. The Hall–Kier alpha value is -3.55. The van der Waals surface area contributed by atoms with Crippen molar-refractivity contribution in [3.8, 4) is 0 Å². The molecule has 3 rings (SSSR count). The van der Waals surface area contributed by atoms with Crippen molar-refractivity contribution in [1.82, 2.24) is 4.98 Å². The van der Waals surface area contributed by atoms with Gasteiger partial charge in [0.15, 0.2) is 0 Å². The number of hydrogen-bond donors (Lipinski definition) is 2. The standard InChI is InChI=1S/C17H13FN4O3/c18-11-3-1-10(2-4-11)16(17(19)23)21-14-5-6-15(22(24)25)13-9-20-8-7-12(13)14/h1-9,16,21H,(H2,19,23)/t16-/m0/s1. The molecule has 0 saturated carbocycles. The predicted octanol–water partition coefficient (Wildman–Crippen LogP) is 2.92. The van der Waals surface area contributed by atoms with Gasteiger partial charge in [0.2, 0.25) is 5.91 Å². The first-order valence-electron chi connectivity index (χ1n) is 7.30. The van der Waals surface area contributed by atoms with Gasteiger partial charge in [-0.05, 0) is 29.8 Å². The van der Waals surface area contributed by atoms with E-state index in [0.29, 0.717) is 22.0 Å². The van der Waals surface area contributed by atoms with Crippen LogP contribution in [0.5, 0.6) is 0 Å². The molecule has 0 spiro atoms. The molecule has 0 aliphatic heterocycles. The highest BCUT2D eigenvalue weighted by atomic mass is 19.1. The summed E-state index contributed by atoms with van der Waals surface area (Å²) in [6.07, 6.45) is 2.88. The van der Waals surface area contributed by atoms with Crippen LogP contribution >= 0.6 is 0 Å². The number of nitrogens with one attached hydrogen (secondary N) is 1. The molecular formula is C17H13FN4O3. The summed E-state index contributed by atoms with van der Waals surface area (Å²) in [5, 5.41) is 15.0. The minimum absolute atomic E-state index is 0.0916. The lowest BCUT2D eigenvalue weighted by Gasteiger charge is -2.18. The first-order valence-corrected chi connectivity index (χ1v) is 7.30. The van der Waals surface area contributed by atoms with Crippen LogP contribution in [0.25, 0.3) is 10.8 Å². The summed E-state index contributed by atoms with van der Waals surface area (Å²) in [6.45, 7) is 0. The van der Waals surface area contributed by atoms with Crippen LogP contribution in [0, 0.1) is 15.9 Å². The molecule has 3 N–H and O–H groups in total. The van der Waals surface area contributed by atoms with Gasteiger partial charge in [-0.2, -0.15) is 0 Å².